The number of aromatic amines is 1. The molecule has 3 rings (SSSR count). The fourth-order valence-electron chi connectivity index (χ4n) is 2.18. The smallest absolute Gasteiger partial charge is 0.340 e. The van der Waals surface area contributed by atoms with Crippen molar-refractivity contribution in [1.29, 1.82) is 0 Å². The predicted octanol–water partition coefficient (Wildman–Crippen LogP) is 4.18. The van der Waals surface area contributed by atoms with E-state index in [9.17, 15) is 14.0 Å². The molecule has 0 saturated carbocycles. The zero-order valence-electron chi connectivity index (χ0n) is 13.1. The Bertz CT molecular complexity index is 881. The number of benzene rings is 1. The molecule has 6 heteroatoms. The third-order valence-corrected chi connectivity index (χ3v) is 4.32. The molecule has 0 radical (unpaired) electrons. The summed E-state index contributed by atoms with van der Waals surface area (Å²) in [4.78, 5) is 27.9. The van der Waals surface area contributed by atoms with Crippen molar-refractivity contribution in [2.24, 2.45) is 0 Å². The van der Waals surface area contributed by atoms with Crippen molar-refractivity contribution in [3.8, 4) is 0 Å². The van der Waals surface area contributed by atoms with Crippen LogP contribution in [0.5, 0.6) is 0 Å². The summed E-state index contributed by atoms with van der Waals surface area (Å²) in [6.45, 7) is -0.356. The molecule has 0 atom stereocenters. The number of H-pyrrole nitrogens is 1. The minimum atomic E-state index is -0.605. The number of aromatic nitrogens is 1. The Labute approximate surface area is 147 Å². The average molecular weight is 355 g/mol. The summed E-state index contributed by atoms with van der Waals surface area (Å²) < 4.78 is 18.2. The lowest BCUT2D eigenvalue weighted by Crippen LogP contribution is -2.15. The molecule has 0 bridgehead atoms. The number of rotatable bonds is 6. The van der Waals surface area contributed by atoms with E-state index in [4.69, 9.17) is 4.74 Å². The number of hydrogen-bond acceptors (Lipinski definition) is 4. The first-order valence-corrected chi connectivity index (χ1v) is 8.36. The second-order valence-electron chi connectivity index (χ2n) is 5.17. The Kier molecular flexibility index (Phi) is 5.20. The maximum atomic E-state index is 13.0. The van der Waals surface area contributed by atoms with Crippen LogP contribution in [0.2, 0.25) is 0 Å². The number of carbonyl (C=O) groups is 2. The van der Waals surface area contributed by atoms with Gasteiger partial charge < -0.3 is 9.72 Å². The summed E-state index contributed by atoms with van der Waals surface area (Å²) >= 11 is 1.38. The molecule has 126 valence electrons. The Hall–Kier alpha value is -2.99. The maximum absolute atomic E-state index is 13.0. The number of carbonyl (C=O) groups excluding carboxylic acids is 2. The minimum absolute atomic E-state index is 0.314. The minimum Gasteiger partial charge on any atom is -0.454 e. The Balaban J connectivity index is 1.78. The van der Waals surface area contributed by atoms with E-state index in [0.29, 0.717) is 21.7 Å². The summed E-state index contributed by atoms with van der Waals surface area (Å²) in [6.07, 6.45) is 3.24. The van der Waals surface area contributed by atoms with Gasteiger partial charge in [-0.25, -0.2) is 9.18 Å². The lowest BCUT2D eigenvalue weighted by molar-refractivity contribution is -0.135. The Morgan fingerprint density at radius 2 is 1.92 bits per heavy atom. The Morgan fingerprint density at radius 3 is 2.56 bits per heavy atom. The average Bonchev–Trinajstić information content (AvgIpc) is 3.32. The molecule has 25 heavy (non-hydrogen) atoms. The van der Waals surface area contributed by atoms with Crippen LogP contribution in [0.1, 0.15) is 20.9 Å². The largest absolute Gasteiger partial charge is 0.454 e. The molecular weight excluding hydrogens is 341 g/mol. The van der Waals surface area contributed by atoms with Crippen LogP contribution >= 0.6 is 11.3 Å². The van der Waals surface area contributed by atoms with Crippen LogP contribution in [0.3, 0.4) is 0 Å². The summed E-state index contributed by atoms with van der Waals surface area (Å²) in [5, 5.41) is 1.84. The highest BCUT2D eigenvalue weighted by Crippen LogP contribution is 2.24. The molecule has 0 spiro atoms. The van der Waals surface area contributed by atoms with Gasteiger partial charge in [-0.3, -0.25) is 4.79 Å². The normalized spacial score (nSPS) is 11.3. The van der Waals surface area contributed by atoms with Crippen LogP contribution in [0.25, 0.3) is 11.6 Å². The van der Waals surface area contributed by atoms with Crippen molar-refractivity contribution in [3.63, 3.8) is 0 Å². The third-order valence-electron chi connectivity index (χ3n) is 3.42. The second-order valence-corrected chi connectivity index (χ2v) is 6.12. The van der Waals surface area contributed by atoms with Gasteiger partial charge in [-0.2, -0.15) is 0 Å². The van der Waals surface area contributed by atoms with E-state index in [1.165, 1.54) is 23.5 Å². The van der Waals surface area contributed by atoms with Crippen LogP contribution in [0.15, 0.2) is 60.1 Å². The van der Waals surface area contributed by atoms with E-state index in [-0.39, 0.29) is 18.2 Å². The zero-order valence-corrected chi connectivity index (χ0v) is 13.9. The van der Waals surface area contributed by atoms with Gasteiger partial charge in [0, 0.05) is 11.1 Å². The fourth-order valence-corrected chi connectivity index (χ4v) is 2.91. The van der Waals surface area contributed by atoms with Gasteiger partial charge in [-0.05, 0) is 47.4 Å². The van der Waals surface area contributed by atoms with Crippen molar-refractivity contribution in [2.75, 3.05) is 6.61 Å². The van der Waals surface area contributed by atoms with Crippen molar-refractivity contribution in [3.05, 3.63) is 82.1 Å². The van der Waals surface area contributed by atoms with Gasteiger partial charge >= 0.3 is 5.97 Å². The number of ketones is 1. The van der Waals surface area contributed by atoms with Crippen molar-refractivity contribution < 1.29 is 18.7 Å². The molecule has 0 aliphatic heterocycles. The van der Waals surface area contributed by atoms with E-state index >= 15 is 0 Å². The zero-order chi connectivity index (χ0) is 17.6. The number of halogens is 1. The maximum Gasteiger partial charge on any atom is 0.340 e. The molecule has 0 aliphatic carbocycles. The molecule has 0 aliphatic rings. The van der Waals surface area contributed by atoms with Crippen LogP contribution in [0, 0.1) is 5.82 Å². The van der Waals surface area contributed by atoms with Crippen molar-refractivity contribution >= 4 is 34.7 Å². The van der Waals surface area contributed by atoms with Crippen LogP contribution in [-0.2, 0) is 9.53 Å². The van der Waals surface area contributed by atoms with Crippen LogP contribution in [-0.4, -0.2) is 23.3 Å². The fraction of sp³-hybridized carbons (Fsp3) is 0.0526. The van der Waals surface area contributed by atoms with Gasteiger partial charge in [0.25, 0.3) is 0 Å². The van der Waals surface area contributed by atoms with E-state index in [2.05, 4.69) is 4.98 Å². The molecular formula is C19H14FNO3S. The molecule has 0 saturated heterocycles. The van der Waals surface area contributed by atoms with Crippen molar-refractivity contribution in [1.82, 2.24) is 4.98 Å². The molecule has 3 aromatic rings. The van der Waals surface area contributed by atoms with Crippen molar-refractivity contribution in [2.45, 2.75) is 0 Å². The predicted molar refractivity (Wildman–Crippen MR) is 94.7 cm³/mol. The van der Waals surface area contributed by atoms with E-state index < -0.39 is 5.97 Å². The number of Topliss-reactive ketones (excluding diaryl/α,β-unsaturated/α-hetero) is 1. The van der Waals surface area contributed by atoms with Crippen LogP contribution < -0.4 is 0 Å². The molecule has 0 fully saturated rings. The highest BCUT2D eigenvalue weighted by atomic mass is 32.1. The van der Waals surface area contributed by atoms with Gasteiger partial charge in [0.05, 0.1) is 11.3 Å². The number of hydrogen-bond donors (Lipinski definition) is 1. The van der Waals surface area contributed by atoms with E-state index in [1.54, 1.807) is 42.6 Å². The number of esters is 1. The van der Waals surface area contributed by atoms with E-state index in [0.717, 1.165) is 0 Å². The quantitative estimate of drug-likeness (QED) is 0.410. The number of nitrogens with one attached hydrogen (secondary N) is 1. The molecule has 0 unspecified atom stereocenters. The summed E-state index contributed by atoms with van der Waals surface area (Å²) in [5.74, 6) is -1.27. The third kappa shape index (κ3) is 4.30. The molecule has 0 amide bonds. The molecule has 2 aromatic heterocycles. The summed E-state index contributed by atoms with van der Waals surface area (Å²) in [6, 6.07) is 12.7. The SMILES string of the molecule is O=C(OCC(=O)c1ccc[nH]1)C(=Cc1ccc(F)cc1)c1cccs1. The van der Waals surface area contributed by atoms with Gasteiger partial charge in [0.15, 0.2) is 6.61 Å². The number of thiophene rings is 1. The molecule has 1 N–H and O–H groups in total. The lowest BCUT2D eigenvalue weighted by atomic mass is 10.1. The van der Waals surface area contributed by atoms with Gasteiger partial charge in [-0.1, -0.05) is 18.2 Å². The first-order chi connectivity index (χ1) is 12.1. The first-order valence-electron chi connectivity index (χ1n) is 7.48. The first kappa shape index (κ1) is 16.9. The topological polar surface area (TPSA) is 59.2 Å². The Morgan fingerprint density at radius 1 is 1.12 bits per heavy atom. The number of ether oxygens (including phenoxy) is 1. The highest BCUT2D eigenvalue weighted by molar-refractivity contribution is 7.11. The molecule has 1 aromatic carbocycles. The van der Waals surface area contributed by atoms with Crippen LogP contribution in [0.4, 0.5) is 4.39 Å². The summed E-state index contributed by atoms with van der Waals surface area (Å²) in [7, 11) is 0. The second kappa shape index (κ2) is 7.72. The van der Waals surface area contributed by atoms with Gasteiger partial charge in [-0.15, -0.1) is 11.3 Å². The molecule has 4 nitrogen and oxygen atoms in total. The van der Waals surface area contributed by atoms with Gasteiger partial charge in [0.1, 0.15) is 5.82 Å². The lowest BCUT2D eigenvalue weighted by Gasteiger charge is -2.07. The van der Waals surface area contributed by atoms with Gasteiger partial charge in [0.2, 0.25) is 5.78 Å². The van der Waals surface area contributed by atoms with E-state index in [1.807, 2.05) is 11.4 Å². The standard InChI is InChI=1S/C19H14FNO3S/c20-14-7-5-13(6-8-14)11-15(18-4-2-10-25-18)19(23)24-12-17(22)16-3-1-9-21-16/h1-11,21H,12H2. The highest BCUT2D eigenvalue weighted by Gasteiger charge is 2.17. The summed E-state index contributed by atoms with van der Waals surface area (Å²) in [5.41, 5.74) is 1.37. The molecule has 2 heterocycles. The monoisotopic (exact) mass is 355 g/mol.